The van der Waals surface area contributed by atoms with Crippen LogP contribution in [0.3, 0.4) is 0 Å². The molecule has 2 aliphatic rings. The number of aliphatic imine (C=N–C) groups is 1. The van der Waals surface area contributed by atoms with Gasteiger partial charge < -0.3 is 14.2 Å². The molecule has 244 valence electrons. The molecule has 1 aliphatic heterocycles. The Morgan fingerprint density at radius 1 is 1.22 bits per heavy atom. The number of fused-ring (bicyclic) bond motifs is 1. The van der Waals surface area contributed by atoms with Crippen LogP contribution in [0.5, 0.6) is 0 Å². The highest BCUT2D eigenvalue weighted by Gasteiger charge is 2.72. The minimum Gasteiger partial charge on any atom is -0.468 e. The van der Waals surface area contributed by atoms with Gasteiger partial charge in [0.2, 0.25) is 5.95 Å². The SMILES string of the molecule is COC(=O)[C@]12C[C@H]1[C@@](C)(c1cc(/C=C(\F)c3ccc(Cl)cn3)cnc1F)N=C(N(COCC[Si](C)(C)C)C(=O)OC(C)(C)C)S2. The smallest absolute Gasteiger partial charge is 0.418 e. The van der Waals surface area contributed by atoms with E-state index in [1.807, 2.05) is 0 Å². The minimum atomic E-state index is -1.43. The Bertz CT molecular complexity index is 1510. The summed E-state index contributed by atoms with van der Waals surface area (Å²) in [7, 11) is -0.152. The van der Waals surface area contributed by atoms with Gasteiger partial charge in [0.25, 0.3) is 0 Å². The van der Waals surface area contributed by atoms with Crippen molar-refractivity contribution in [3.63, 3.8) is 0 Å². The molecule has 0 radical (unpaired) electrons. The number of esters is 1. The number of amidine groups is 1. The fraction of sp³-hybridized carbons (Fsp3) is 0.516. The Morgan fingerprint density at radius 3 is 2.53 bits per heavy atom. The highest BCUT2D eigenvalue weighted by molar-refractivity contribution is 8.15. The fourth-order valence-electron chi connectivity index (χ4n) is 4.95. The maximum Gasteiger partial charge on any atom is 0.418 e. The second-order valence-corrected chi connectivity index (χ2v) is 20.9. The molecule has 2 aromatic rings. The maximum absolute atomic E-state index is 15.6. The summed E-state index contributed by atoms with van der Waals surface area (Å²) in [5, 5.41) is 0.477. The number of carbonyl (C=O) groups is 2. The van der Waals surface area contributed by atoms with Crippen LogP contribution in [0.4, 0.5) is 13.6 Å². The molecule has 0 saturated heterocycles. The van der Waals surface area contributed by atoms with Crippen molar-refractivity contribution in [2.45, 2.75) is 75.7 Å². The molecule has 1 saturated carbocycles. The fourth-order valence-corrected chi connectivity index (χ4v) is 7.40. The van der Waals surface area contributed by atoms with Crippen LogP contribution in [0.25, 0.3) is 11.9 Å². The lowest BCUT2D eigenvalue weighted by atomic mass is 9.86. The van der Waals surface area contributed by atoms with Gasteiger partial charge in [-0.2, -0.15) is 4.39 Å². The molecular formula is C31H39ClF2N4O5SSi. The Labute approximate surface area is 272 Å². The summed E-state index contributed by atoms with van der Waals surface area (Å²) in [6.45, 7) is 13.7. The van der Waals surface area contributed by atoms with E-state index in [1.54, 1.807) is 27.7 Å². The summed E-state index contributed by atoms with van der Waals surface area (Å²) in [6.07, 6.45) is 3.27. The number of hydrogen-bond acceptors (Lipinski definition) is 9. The number of methoxy groups -OCH3 is 1. The molecule has 0 spiro atoms. The quantitative estimate of drug-likeness (QED) is 0.0880. The average Bonchev–Trinajstić information content (AvgIpc) is 3.69. The molecule has 0 unspecified atom stereocenters. The van der Waals surface area contributed by atoms with Crippen molar-refractivity contribution in [1.82, 2.24) is 14.9 Å². The summed E-state index contributed by atoms with van der Waals surface area (Å²) in [5.74, 6) is -2.54. The normalized spacial score (nSPS) is 23.1. The predicted octanol–water partition coefficient (Wildman–Crippen LogP) is 7.54. The lowest BCUT2D eigenvalue weighted by molar-refractivity contribution is -0.141. The van der Waals surface area contributed by atoms with Gasteiger partial charge >= 0.3 is 12.1 Å². The zero-order valence-corrected chi connectivity index (χ0v) is 29.3. The lowest BCUT2D eigenvalue weighted by Gasteiger charge is -2.37. The molecule has 1 aliphatic carbocycles. The van der Waals surface area contributed by atoms with Crippen molar-refractivity contribution in [3.05, 3.63) is 58.4 Å². The van der Waals surface area contributed by atoms with Gasteiger partial charge in [0.05, 0.1) is 23.4 Å². The highest BCUT2D eigenvalue weighted by atomic mass is 35.5. The van der Waals surface area contributed by atoms with Crippen LogP contribution >= 0.6 is 23.4 Å². The van der Waals surface area contributed by atoms with Gasteiger partial charge in [-0.15, -0.1) is 0 Å². The maximum atomic E-state index is 15.6. The molecule has 0 bridgehead atoms. The molecule has 9 nitrogen and oxygen atoms in total. The summed E-state index contributed by atoms with van der Waals surface area (Å²) in [5.41, 5.74) is -1.90. The molecule has 1 fully saturated rings. The second-order valence-electron chi connectivity index (χ2n) is 13.5. The summed E-state index contributed by atoms with van der Waals surface area (Å²) < 4.78 is 46.4. The van der Waals surface area contributed by atoms with E-state index in [1.165, 1.54) is 48.7 Å². The Kier molecular flexibility index (Phi) is 10.2. The minimum absolute atomic E-state index is 0.0329. The number of amides is 1. The molecule has 4 rings (SSSR count). The largest absolute Gasteiger partial charge is 0.468 e. The molecule has 45 heavy (non-hydrogen) atoms. The van der Waals surface area contributed by atoms with E-state index in [0.29, 0.717) is 18.1 Å². The van der Waals surface area contributed by atoms with Gasteiger partial charge in [-0.3, -0.25) is 14.8 Å². The first-order valence-electron chi connectivity index (χ1n) is 14.5. The van der Waals surface area contributed by atoms with Gasteiger partial charge in [-0.1, -0.05) is 43.0 Å². The van der Waals surface area contributed by atoms with Crippen LogP contribution < -0.4 is 0 Å². The van der Waals surface area contributed by atoms with Crippen molar-refractivity contribution in [2.24, 2.45) is 10.9 Å². The van der Waals surface area contributed by atoms with Crippen LogP contribution in [-0.2, 0) is 24.5 Å². The Morgan fingerprint density at radius 2 is 1.93 bits per heavy atom. The number of thioether (sulfide) groups is 1. The number of carbonyl (C=O) groups excluding carboxylic acids is 2. The van der Waals surface area contributed by atoms with Gasteiger partial charge in [0.1, 0.15) is 22.9 Å². The van der Waals surface area contributed by atoms with Crippen molar-refractivity contribution >= 4 is 60.6 Å². The van der Waals surface area contributed by atoms with E-state index in [0.717, 1.165) is 17.8 Å². The number of halogens is 3. The Balaban J connectivity index is 1.78. The monoisotopic (exact) mass is 680 g/mol. The first-order valence-corrected chi connectivity index (χ1v) is 19.4. The van der Waals surface area contributed by atoms with Crippen LogP contribution in [0.15, 0.2) is 35.6 Å². The van der Waals surface area contributed by atoms with E-state index in [2.05, 4.69) is 29.6 Å². The van der Waals surface area contributed by atoms with Crippen LogP contribution in [0.2, 0.25) is 30.7 Å². The molecule has 2 aromatic heterocycles. The number of pyridine rings is 2. The third kappa shape index (κ3) is 8.11. The van der Waals surface area contributed by atoms with E-state index in [-0.39, 0.29) is 28.7 Å². The number of nitrogens with zero attached hydrogens (tertiary/aromatic N) is 4. The molecular weight excluding hydrogens is 642 g/mol. The zero-order chi connectivity index (χ0) is 33.4. The second kappa shape index (κ2) is 13.1. The molecule has 14 heteroatoms. The average molecular weight is 681 g/mol. The van der Waals surface area contributed by atoms with E-state index in [4.69, 9.17) is 30.8 Å². The lowest BCUT2D eigenvalue weighted by Crippen LogP contribution is -2.47. The van der Waals surface area contributed by atoms with Gasteiger partial charge in [0.15, 0.2) is 5.17 Å². The molecule has 3 atom stereocenters. The van der Waals surface area contributed by atoms with Crippen molar-refractivity contribution in [1.29, 1.82) is 0 Å². The highest BCUT2D eigenvalue weighted by Crippen LogP contribution is 2.67. The first-order chi connectivity index (χ1) is 20.9. The number of rotatable bonds is 9. The van der Waals surface area contributed by atoms with Crippen molar-refractivity contribution in [3.8, 4) is 0 Å². The number of ether oxygens (including phenoxy) is 3. The van der Waals surface area contributed by atoms with E-state index < -0.39 is 53.7 Å². The third-order valence-electron chi connectivity index (χ3n) is 7.45. The van der Waals surface area contributed by atoms with Crippen molar-refractivity contribution < 1.29 is 32.6 Å². The van der Waals surface area contributed by atoms with E-state index in [9.17, 15) is 9.59 Å². The summed E-state index contributed by atoms with van der Waals surface area (Å²) in [4.78, 5) is 40.8. The topological polar surface area (TPSA) is 103 Å². The zero-order valence-electron chi connectivity index (χ0n) is 26.7. The number of hydrogen-bond donors (Lipinski definition) is 0. The Hall–Kier alpha value is -2.87. The molecule has 0 aromatic carbocycles. The van der Waals surface area contributed by atoms with Crippen molar-refractivity contribution in [2.75, 3.05) is 20.4 Å². The van der Waals surface area contributed by atoms with E-state index >= 15 is 8.78 Å². The standard InChI is InChI=1S/C31H39ClF2N4O5SSi/c1-29(2,3)43-28(40)38(18-42-11-12-45(6,7)8)27-37-30(4,24-15-31(24,44-27)26(39)41-5)21-13-19(16-36-25(21)34)14-22(33)23-10-9-20(32)17-35-23/h9-10,13-14,16-17,24H,11-12,15,18H2,1-8H3/b22-14-/t24-,30+,31-/m0/s1. The third-order valence-corrected chi connectivity index (χ3v) is 10.9. The number of aromatic nitrogens is 2. The molecule has 1 amide bonds. The van der Waals surface area contributed by atoms with Crippen LogP contribution in [0.1, 0.15) is 50.9 Å². The molecule has 3 heterocycles. The van der Waals surface area contributed by atoms with Crippen LogP contribution in [-0.4, -0.2) is 71.0 Å². The molecule has 0 N–H and O–H groups in total. The van der Waals surface area contributed by atoms with Crippen LogP contribution in [0, 0.1) is 11.9 Å². The summed E-state index contributed by atoms with van der Waals surface area (Å²) >= 11 is 6.95. The first kappa shape index (κ1) is 35.0. The predicted molar refractivity (Wildman–Crippen MR) is 175 cm³/mol. The van der Waals surface area contributed by atoms with Gasteiger partial charge in [-0.25, -0.2) is 19.1 Å². The van der Waals surface area contributed by atoms with Gasteiger partial charge in [-0.05, 0) is 70.0 Å². The summed E-state index contributed by atoms with van der Waals surface area (Å²) in [6, 6.07) is 5.24. The van der Waals surface area contributed by atoms with Gasteiger partial charge in [0, 0.05) is 38.6 Å².